The Morgan fingerprint density at radius 1 is 1.41 bits per heavy atom. The van der Waals surface area contributed by atoms with E-state index in [9.17, 15) is 4.79 Å². The van der Waals surface area contributed by atoms with Gasteiger partial charge < -0.3 is 5.32 Å². The van der Waals surface area contributed by atoms with E-state index < -0.39 is 0 Å². The second kappa shape index (κ2) is 6.01. The van der Waals surface area contributed by atoms with Gasteiger partial charge in [0.2, 0.25) is 0 Å². The van der Waals surface area contributed by atoms with Crippen LogP contribution in [0.15, 0.2) is 22.7 Å². The molecule has 1 aromatic rings. The Bertz CT molecular complexity index is 416. The van der Waals surface area contributed by atoms with Crippen LogP contribution < -0.4 is 5.32 Å². The Morgan fingerprint density at radius 2 is 2.06 bits per heavy atom. The molecule has 0 aliphatic rings. The lowest BCUT2D eigenvalue weighted by molar-refractivity contribution is 0.0939. The minimum atomic E-state index is -0.0102. The summed E-state index contributed by atoms with van der Waals surface area (Å²) in [6.45, 7) is 6.81. The number of alkyl halides is 1. The third kappa shape index (κ3) is 4.43. The Balaban J connectivity index is 2.71. The van der Waals surface area contributed by atoms with E-state index in [4.69, 9.17) is 0 Å². The van der Waals surface area contributed by atoms with Crippen molar-refractivity contribution >= 4 is 37.8 Å². The molecule has 0 unspecified atom stereocenters. The van der Waals surface area contributed by atoms with Crippen LogP contribution in [0.4, 0.5) is 0 Å². The standard InChI is InChI=1S/C13H17Br2NO/c1-9-6-10(15)4-5-11(9)12(17)16-8-13(2,3)7-14/h4-6H,7-8H2,1-3H3,(H,16,17). The van der Waals surface area contributed by atoms with Crippen molar-refractivity contribution in [2.24, 2.45) is 5.41 Å². The SMILES string of the molecule is Cc1cc(Br)ccc1C(=O)NCC(C)(C)CBr. The molecule has 1 N–H and O–H groups in total. The summed E-state index contributed by atoms with van der Waals surface area (Å²) in [5.74, 6) is -0.0102. The zero-order chi connectivity index (χ0) is 13.1. The molecule has 2 nitrogen and oxygen atoms in total. The number of hydrogen-bond donors (Lipinski definition) is 1. The molecule has 17 heavy (non-hydrogen) atoms. The van der Waals surface area contributed by atoms with Crippen LogP contribution in [-0.4, -0.2) is 17.8 Å². The summed E-state index contributed by atoms with van der Waals surface area (Å²) in [5.41, 5.74) is 1.78. The molecule has 4 heteroatoms. The lowest BCUT2D eigenvalue weighted by atomic mass is 9.96. The number of hydrogen-bond acceptors (Lipinski definition) is 1. The Kier molecular flexibility index (Phi) is 5.20. The van der Waals surface area contributed by atoms with Crippen molar-refractivity contribution in [3.05, 3.63) is 33.8 Å². The highest BCUT2D eigenvalue weighted by molar-refractivity contribution is 9.10. The van der Waals surface area contributed by atoms with E-state index in [0.29, 0.717) is 6.54 Å². The quantitative estimate of drug-likeness (QED) is 0.808. The van der Waals surface area contributed by atoms with Gasteiger partial charge in [0.15, 0.2) is 0 Å². The summed E-state index contributed by atoms with van der Waals surface area (Å²) < 4.78 is 0.993. The van der Waals surface area contributed by atoms with Gasteiger partial charge in [-0.25, -0.2) is 0 Å². The fraction of sp³-hybridized carbons (Fsp3) is 0.462. The van der Waals surface area contributed by atoms with Crippen molar-refractivity contribution in [1.29, 1.82) is 0 Å². The maximum absolute atomic E-state index is 12.0. The van der Waals surface area contributed by atoms with E-state index in [-0.39, 0.29) is 11.3 Å². The van der Waals surface area contributed by atoms with E-state index in [1.807, 2.05) is 25.1 Å². The van der Waals surface area contributed by atoms with Gasteiger partial charge in [0, 0.05) is 21.9 Å². The fourth-order valence-electron chi connectivity index (χ4n) is 1.34. The van der Waals surface area contributed by atoms with Crippen LogP contribution in [0.1, 0.15) is 29.8 Å². The maximum Gasteiger partial charge on any atom is 0.251 e. The highest BCUT2D eigenvalue weighted by Gasteiger charge is 2.18. The predicted octanol–water partition coefficient (Wildman–Crippen LogP) is 3.91. The summed E-state index contributed by atoms with van der Waals surface area (Å²) in [6, 6.07) is 5.68. The average Bonchev–Trinajstić information content (AvgIpc) is 2.26. The fourth-order valence-corrected chi connectivity index (χ4v) is 2.02. The van der Waals surface area contributed by atoms with Crippen molar-refractivity contribution in [3.8, 4) is 0 Å². The molecule has 0 saturated carbocycles. The second-order valence-electron chi connectivity index (χ2n) is 4.94. The first-order valence-corrected chi connectivity index (χ1v) is 7.37. The van der Waals surface area contributed by atoms with Crippen LogP contribution >= 0.6 is 31.9 Å². The first-order chi connectivity index (χ1) is 7.85. The van der Waals surface area contributed by atoms with Gasteiger partial charge in [-0.05, 0) is 36.1 Å². The predicted molar refractivity (Wildman–Crippen MR) is 78.8 cm³/mol. The zero-order valence-corrected chi connectivity index (χ0v) is 13.5. The van der Waals surface area contributed by atoms with Gasteiger partial charge in [0.1, 0.15) is 0 Å². The van der Waals surface area contributed by atoms with Crippen LogP contribution in [0.5, 0.6) is 0 Å². The van der Waals surface area contributed by atoms with Crippen LogP contribution in [0.3, 0.4) is 0 Å². The summed E-state index contributed by atoms with van der Waals surface area (Å²) in [6.07, 6.45) is 0. The molecule has 0 radical (unpaired) electrons. The zero-order valence-electron chi connectivity index (χ0n) is 10.3. The molecule has 1 aromatic carbocycles. The van der Waals surface area contributed by atoms with E-state index >= 15 is 0 Å². The van der Waals surface area contributed by atoms with E-state index in [2.05, 4.69) is 51.0 Å². The molecule has 0 heterocycles. The summed E-state index contributed by atoms with van der Waals surface area (Å²) in [7, 11) is 0. The molecule has 94 valence electrons. The highest BCUT2D eigenvalue weighted by atomic mass is 79.9. The number of benzene rings is 1. The number of nitrogens with one attached hydrogen (secondary N) is 1. The summed E-state index contributed by atoms with van der Waals surface area (Å²) >= 11 is 6.83. The molecule has 1 amide bonds. The molecular formula is C13H17Br2NO. The van der Waals surface area contributed by atoms with Crippen molar-refractivity contribution in [1.82, 2.24) is 5.32 Å². The van der Waals surface area contributed by atoms with Crippen molar-refractivity contribution in [2.75, 3.05) is 11.9 Å². The van der Waals surface area contributed by atoms with Crippen molar-refractivity contribution < 1.29 is 4.79 Å². The first-order valence-electron chi connectivity index (χ1n) is 5.46. The molecule has 0 saturated heterocycles. The van der Waals surface area contributed by atoms with Crippen LogP contribution in [0.2, 0.25) is 0 Å². The molecule has 0 aromatic heterocycles. The number of amides is 1. The van der Waals surface area contributed by atoms with Gasteiger partial charge in [-0.2, -0.15) is 0 Å². The Morgan fingerprint density at radius 3 is 2.59 bits per heavy atom. The first kappa shape index (κ1) is 14.7. The van der Waals surface area contributed by atoms with Gasteiger partial charge in [-0.15, -0.1) is 0 Å². The molecule has 0 bridgehead atoms. The topological polar surface area (TPSA) is 29.1 Å². The third-order valence-electron chi connectivity index (χ3n) is 2.52. The van der Waals surface area contributed by atoms with Crippen molar-refractivity contribution in [3.63, 3.8) is 0 Å². The number of carbonyl (C=O) groups is 1. The maximum atomic E-state index is 12.0. The largest absolute Gasteiger partial charge is 0.351 e. The highest BCUT2D eigenvalue weighted by Crippen LogP contribution is 2.18. The van der Waals surface area contributed by atoms with Gasteiger partial charge in [-0.3, -0.25) is 4.79 Å². The normalized spacial score (nSPS) is 11.4. The second-order valence-corrected chi connectivity index (χ2v) is 6.42. The minimum Gasteiger partial charge on any atom is -0.351 e. The van der Waals surface area contributed by atoms with Crippen LogP contribution in [0, 0.1) is 12.3 Å². The van der Waals surface area contributed by atoms with Crippen LogP contribution in [-0.2, 0) is 0 Å². The lowest BCUT2D eigenvalue weighted by Crippen LogP contribution is -2.35. The van der Waals surface area contributed by atoms with Crippen LogP contribution in [0.25, 0.3) is 0 Å². The smallest absolute Gasteiger partial charge is 0.251 e. The number of aryl methyl sites for hydroxylation is 1. The number of halogens is 2. The van der Waals surface area contributed by atoms with E-state index in [1.54, 1.807) is 0 Å². The average molecular weight is 363 g/mol. The van der Waals surface area contributed by atoms with Gasteiger partial charge in [0.05, 0.1) is 0 Å². The van der Waals surface area contributed by atoms with Crippen molar-refractivity contribution in [2.45, 2.75) is 20.8 Å². The number of carbonyl (C=O) groups excluding carboxylic acids is 1. The number of rotatable bonds is 4. The minimum absolute atomic E-state index is 0.0102. The molecule has 0 aliphatic carbocycles. The van der Waals surface area contributed by atoms with Gasteiger partial charge in [-0.1, -0.05) is 45.7 Å². The third-order valence-corrected chi connectivity index (χ3v) is 4.53. The lowest BCUT2D eigenvalue weighted by Gasteiger charge is -2.22. The molecule has 1 rings (SSSR count). The summed E-state index contributed by atoms with van der Waals surface area (Å²) in [4.78, 5) is 12.0. The van der Waals surface area contributed by atoms with Gasteiger partial charge >= 0.3 is 0 Å². The Labute approximate surface area is 119 Å². The van der Waals surface area contributed by atoms with Gasteiger partial charge in [0.25, 0.3) is 5.91 Å². The van der Waals surface area contributed by atoms with E-state index in [1.165, 1.54) is 0 Å². The summed E-state index contributed by atoms with van der Waals surface area (Å²) in [5, 5.41) is 3.83. The molecular weight excluding hydrogens is 346 g/mol. The molecule has 0 aliphatic heterocycles. The van der Waals surface area contributed by atoms with E-state index in [0.717, 1.165) is 20.9 Å². The molecule has 0 atom stereocenters. The monoisotopic (exact) mass is 361 g/mol. The molecule has 0 fully saturated rings. The Hall–Kier alpha value is -0.350. The molecule has 0 spiro atoms.